The summed E-state index contributed by atoms with van der Waals surface area (Å²) in [7, 11) is 0. The maximum absolute atomic E-state index is 4.92. The third-order valence-corrected chi connectivity index (χ3v) is 6.10. The van der Waals surface area contributed by atoms with Gasteiger partial charge in [0.05, 0.1) is 22.1 Å². The number of aromatic amines is 2. The van der Waals surface area contributed by atoms with E-state index < -0.39 is 5.41 Å². The molecule has 0 aliphatic heterocycles. The third kappa shape index (κ3) is 3.65. The first-order valence-electron chi connectivity index (χ1n) is 11.3. The molecule has 4 aromatic heterocycles. The summed E-state index contributed by atoms with van der Waals surface area (Å²) in [5.41, 5.74) is 4.84. The van der Waals surface area contributed by atoms with Crippen LogP contribution in [0.15, 0.2) is 85.5 Å². The molecule has 4 heterocycles. The number of nitrogens with zero attached hydrogens (tertiary/aromatic N) is 6. The van der Waals surface area contributed by atoms with E-state index in [9.17, 15) is 0 Å². The van der Waals surface area contributed by atoms with E-state index in [4.69, 9.17) is 9.97 Å². The number of allylic oxidation sites excluding steroid dienone is 2. The second-order valence-electron chi connectivity index (χ2n) is 8.48. The Labute approximate surface area is 201 Å². The molecule has 35 heavy (non-hydrogen) atoms. The number of benzene rings is 2. The molecule has 0 aliphatic carbocycles. The van der Waals surface area contributed by atoms with Crippen LogP contribution in [-0.4, -0.2) is 39.9 Å². The molecule has 8 heteroatoms. The van der Waals surface area contributed by atoms with Gasteiger partial charge in [-0.1, -0.05) is 12.2 Å². The highest BCUT2D eigenvalue weighted by molar-refractivity contribution is 5.82. The first-order valence-corrected chi connectivity index (χ1v) is 11.3. The lowest BCUT2D eigenvalue weighted by molar-refractivity contribution is 0.634. The molecule has 0 radical (unpaired) electrons. The first kappa shape index (κ1) is 20.9. The highest BCUT2D eigenvalue weighted by atomic mass is 15.0. The van der Waals surface area contributed by atoms with E-state index in [-0.39, 0.29) is 0 Å². The Balaban J connectivity index is 1.44. The zero-order valence-corrected chi connectivity index (χ0v) is 19.3. The lowest BCUT2D eigenvalue weighted by atomic mass is 9.88. The zero-order chi connectivity index (χ0) is 23.8. The van der Waals surface area contributed by atoms with E-state index in [2.05, 4.69) is 42.9 Å². The maximum atomic E-state index is 4.92. The molecule has 0 amide bonds. The third-order valence-electron chi connectivity index (χ3n) is 6.10. The molecule has 6 aromatic rings. The van der Waals surface area contributed by atoms with Crippen LogP contribution in [-0.2, 0) is 5.41 Å². The van der Waals surface area contributed by atoms with Crippen LogP contribution in [0, 0.1) is 0 Å². The van der Waals surface area contributed by atoms with E-state index in [0.717, 1.165) is 44.8 Å². The fourth-order valence-corrected chi connectivity index (χ4v) is 4.29. The van der Waals surface area contributed by atoms with Crippen molar-refractivity contribution in [2.24, 2.45) is 0 Å². The monoisotopic (exact) mass is 458 g/mol. The summed E-state index contributed by atoms with van der Waals surface area (Å²) in [4.78, 5) is 34.3. The van der Waals surface area contributed by atoms with Crippen molar-refractivity contribution in [1.82, 2.24) is 39.9 Å². The lowest BCUT2D eigenvalue weighted by Gasteiger charge is -2.21. The van der Waals surface area contributed by atoms with Gasteiger partial charge in [-0.15, -0.1) is 0 Å². The van der Waals surface area contributed by atoms with Crippen LogP contribution in [0.25, 0.3) is 44.8 Å². The first-order chi connectivity index (χ1) is 17.1. The Kier molecular flexibility index (Phi) is 4.92. The van der Waals surface area contributed by atoms with Crippen LogP contribution < -0.4 is 0 Å². The SMILES string of the molecule is CC=CC(C)(c1nc2ccc(-c3ncccn3)cc2[nH]1)c1nc2ccc(-c3ncccn3)cc2[nH]1. The second kappa shape index (κ2) is 8.25. The van der Waals surface area contributed by atoms with Crippen molar-refractivity contribution in [3.63, 3.8) is 0 Å². The Morgan fingerprint density at radius 1 is 0.686 bits per heavy atom. The van der Waals surface area contributed by atoms with Crippen LogP contribution in [0.1, 0.15) is 25.5 Å². The smallest absolute Gasteiger partial charge is 0.159 e. The zero-order valence-electron chi connectivity index (χ0n) is 19.3. The molecule has 0 spiro atoms. The number of rotatable bonds is 5. The largest absolute Gasteiger partial charge is 0.341 e. The quantitative estimate of drug-likeness (QED) is 0.342. The van der Waals surface area contributed by atoms with Crippen molar-refractivity contribution >= 4 is 22.1 Å². The molecule has 0 saturated carbocycles. The summed E-state index contributed by atoms with van der Waals surface area (Å²) in [6.07, 6.45) is 11.1. The lowest BCUT2D eigenvalue weighted by Crippen LogP contribution is -2.24. The number of hydrogen-bond donors (Lipinski definition) is 2. The summed E-state index contributed by atoms with van der Waals surface area (Å²) in [6.45, 7) is 4.10. The van der Waals surface area contributed by atoms with E-state index in [0.29, 0.717) is 11.6 Å². The van der Waals surface area contributed by atoms with Crippen molar-refractivity contribution < 1.29 is 0 Å². The molecule has 8 nitrogen and oxygen atoms in total. The van der Waals surface area contributed by atoms with Gasteiger partial charge in [0.25, 0.3) is 0 Å². The predicted octanol–water partition coefficient (Wildman–Crippen LogP) is 5.24. The Hall–Kier alpha value is -4.72. The van der Waals surface area contributed by atoms with Gasteiger partial charge in [-0.2, -0.15) is 0 Å². The molecule has 170 valence electrons. The van der Waals surface area contributed by atoms with Gasteiger partial charge in [0.15, 0.2) is 11.6 Å². The molecule has 2 aromatic carbocycles. The maximum Gasteiger partial charge on any atom is 0.159 e. The Bertz CT molecular complexity index is 1550. The van der Waals surface area contributed by atoms with Gasteiger partial charge in [-0.05, 0) is 62.4 Å². The van der Waals surface area contributed by atoms with Crippen LogP contribution in [0.2, 0.25) is 0 Å². The predicted molar refractivity (Wildman–Crippen MR) is 136 cm³/mol. The van der Waals surface area contributed by atoms with E-state index in [1.165, 1.54) is 0 Å². The standard InChI is InChI=1S/C27H22N8/c1-3-10-27(2,25-32-19-8-6-17(15-21(19)34-25)23-28-11-4-12-29-23)26-33-20-9-7-18(16-22(20)35-26)24-30-13-5-14-31-24/h3-16H,1-2H3,(H,32,34)(H,33,35). The molecular formula is C27H22N8. The highest BCUT2D eigenvalue weighted by Crippen LogP contribution is 2.34. The van der Waals surface area contributed by atoms with Gasteiger partial charge in [0.1, 0.15) is 17.1 Å². The summed E-state index contributed by atoms with van der Waals surface area (Å²) in [5, 5.41) is 0. The number of aromatic nitrogens is 8. The van der Waals surface area contributed by atoms with Gasteiger partial charge >= 0.3 is 0 Å². The number of fused-ring (bicyclic) bond motifs is 2. The van der Waals surface area contributed by atoms with E-state index in [1.54, 1.807) is 24.8 Å². The Morgan fingerprint density at radius 3 is 1.57 bits per heavy atom. The van der Waals surface area contributed by atoms with Crippen molar-refractivity contribution in [2.75, 3.05) is 0 Å². The fourth-order valence-electron chi connectivity index (χ4n) is 4.29. The molecule has 2 N–H and O–H groups in total. The molecule has 0 saturated heterocycles. The molecule has 0 bridgehead atoms. The molecule has 0 fully saturated rings. The highest BCUT2D eigenvalue weighted by Gasteiger charge is 2.33. The fraction of sp³-hybridized carbons (Fsp3) is 0.111. The van der Waals surface area contributed by atoms with Gasteiger partial charge < -0.3 is 9.97 Å². The molecule has 6 rings (SSSR count). The van der Waals surface area contributed by atoms with Crippen molar-refractivity contribution in [3.05, 3.63) is 97.1 Å². The van der Waals surface area contributed by atoms with Gasteiger partial charge in [-0.25, -0.2) is 29.9 Å². The van der Waals surface area contributed by atoms with E-state index in [1.807, 2.05) is 61.5 Å². The van der Waals surface area contributed by atoms with Crippen LogP contribution in [0.4, 0.5) is 0 Å². The minimum absolute atomic E-state index is 0.598. The van der Waals surface area contributed by atoms with Crippen LogP contribution in [0.3, 0.4) is 0 Å². The summed E-state index contributed by atoms with van der Waals surface area (Å²) >= 11 is 0. The number of imidazole rings is 2. The van der Waals surface area contributed by atoms with E-state index >= 15 is 0 Å². The molecule has 0 atom stereocenters. The van der Waals surface area contributed by atoms with Crippen molar-refractivity contribution in [3.8, 4) is 22.8 Å². The normalized spacial score (nSPS) is 12.2. The van der Waals surface area contributed by atoms with Gasteiger partial charge in [-0.3, -0.25) is 0 Å². The average Bonchev–Trinajstić information content (AvgIpc) is 3.54. The topological polar surface area (TPSA) is 109 Å². The minimum Gasteiger partial charge on any atom is -0.341 e. The van der Waals surface area contributed by atoms with Crippen LogP contribution >= 0.6 is 0 Å². The van der Waals surface area contributed by atoms with Crippen molar-refractivity contribution in [1.29, 1.82) is 0 Å². The molecular weight excluding hydrogens is 436 g/mol. The summed E-state index contributed by atoms with van der Waals surface area (Å²) in [6, 6.07) is 15.6. The average molecular weight is 459 g/mol. The van der Waals surface area contributed by atoms with Crippen LogP contribution in [0.5, 0.6) is 0 Å². The summed E-state index contributed by atoms with van der Waals surface area (Å²) in [5.74, 6) is 2.94. The molecule has 0 unspecified atom stereocenters. The molecule has 0 aliphatic rings. The Morgan fingerprint density at radius 2 is 1.14 bits per heavy atom. The van der Waals surface area contributed by atoms with Gasteiger partial charge in [0.2, 0.25) is 0 Å². The van der Waals surface area contributed by atoms with Gasteiger partial charge in [0, 0.05) is 35.9 Å². The van der Waals surface area contributed by atoms with Crippen molar-refractivity contribution in [2.45, 2.75) is 19.3 Å². The summed E-state index contributed by atoms with van der Waals surface area (Å²) < 4.78 is 0. The second-order valence-corrected chi connectivity index (χ2v) is 8.48. The number of nitrogens with one attached hydrogen (secondary N) is 2. The number of hydrogen-bond acceptors (Lipinski definition) is 6. The minimum atomic E-state index is -0.598. The number of H-pyrrole nitrogens is 2.